The van der Waals surface area contributed by atoms with E-state index in [1.807, 2.05) is 25.1 Å². The van der Waals surface area contributed by atoms with Crippen LogP contribution in [0.2, 0.25) is 0 Å². The topological polar surface area (TPSA) is 35.5 Å². The average molecular weight is 327 g/mol. The molecule has 1 fully saturated rings. The average Bonchev–Trinajstić information content (AvgIpc) is 2.35. The van der Waals surface area contributed by atoms with Gasteiger partial charge in [-0.25, -0.2) is 0 Å². The molecule has 19 heavy (non-hydrogen) atoms. The van der Waals surface area contributed by atoms with Crippen molar-refractivity contribution in [1.29, 1.82) is 0 Å². The summed E-state index contributed by atoms with van der Waals surface area (Å²) in [5.74, 6) is 1.08. The van der Waals surface area contributed by atoms with Crippen molar-refractivity contribution in [2.24, 2.45) is 5.41 Å². The molecule has 1 aliphatic rings. The van der Waals surface area contributed by atoms with E-state index in [9.17, 15) is 4.79 Å². The molecule has 1 unspecified atom stereocenters. The first-order valence-corrected chi connectivity index (χ1v) is 7.27. The lowest BCUT2D eigenvalue weighted by molar-refractivity contribution is -0.120. The van der Waals surface area contributed by atoms with E-state index in [2.05, 4.69) is 22.9 Å². The molecule has 0 spiro atoms. The molecule has 3 nitrogen and oxygen atoms in total. The summed E-state index contributed by atoms with van der Waals surface area (Å²) in [5.41, 5.74) is 1.28. The fourth-order valence-corrected chi connectivity index (χ4v) is 2.52. The van der Waals surface area contributed by atoms with Crippen LogP contribution in [0.1, 0.15) is 31.7 Å². The van der Waals surface area contributed by atoms with E-state index in [-0.39, 0.29) is 11.3 Å². The van der Waals surface area contributed by atoms with Gasteiger partial charge in [-0.3, -0.25) is 0 Å². The van der Waals surface area contributed by atoms with E-state index >= 15 is 0 Å². The highest BCUT2D eigenvalue weighted by molar-refractivity contribution is 9.10. The van der Waals surface area contributed by atoms with Gasteiger partial charge in [-0.2, -0.15) is 0 Å². The van der Waals surface area contributed by atoms with Crippen LogP contribution < -0.4 is 4.74 Å². The standard InChI is InChI=1S/C15H19BrO3/c1-11(5-6-17)12-3-4-14(13(16)7-12)19-10-15(2)8-18-9-15/h3-4,6-7,11H,5,8-10H2,1-2H3. The Bertz CT molecular complexity index is 455. The lowest BCUT2D eigenvalue weighted by atomic mass is 9.90. The van der Waals surface area contributed by atoms with Gasteiger partial charge < -0.3 is 14.3 Å². The lowest BCUT2D eigenvalue weighted by Gasteiger charge is -2.37. The van der Waals surface area contributed by atoms with E-state index in [0.29, 0.717) is 13.0 Å². The highest BCUT2D eigenvalue weighted by Crippen LogP contribution is 2.32. The molecule has 0 saturated carbocycles. The first-order valence-electron chi connectivity index (χ1n) is 6.48. The van der Waals surface area contributed by atoms with Gasteiger partial charge in [-0.15, -0.1) is 0 Å². The molecule has 104 valence electrons. The number of hydrogen-bond acceptors (Lipinski definition) is 3. The first kappa shape index (κ1) is 14.5. The molecule has 4 heteroatoms. The second-order valence-electron chi connectivity index (χ2n) is 5.59. The summed E-state index contributed by atoms with van der Waals surface area (Å²) < 4.78 is 12.0. The largest absolute Gasteiger partial charge is 0.492 e. The minimum Gasteiger partial charge on any atom is -0.492 e. The van der Waals surface area contributed by atoms with Gasteiger partial charge in [0, 0.05) is 11.8 Å². The van der Waals surface area contributed by atoms with E-state index in [0.717, 1.165) is 35.3 Å². The Hall–Kier alpha value is -0.870. The Morgan fingerprint density at radius 3 is 2.79 bits per heavy atom. The predicted molar refractivity (Wildman–Crippen MR) is 77.7 cm³/mol. The van der Waals surface area contributed by atoms with Crippen LogP contribution in [0.5, 0.6) is 5.75 Å². The van der Waals surface area contributed by atoms with Gasteiger partial charge in [0.05, 0.1) is 24.3 Å². The highest BCUT2D eigenvalue weighted by atomic mass is 79.9. The monoisotopic (exact) mass is 326 g/mol. The molecule has 1 aliphatic heterocycles. The van der Waals surface area contributed by atoms with Crippen molar-refractivity contribution in [1.82, 2.24) is 0 Å². The number of carbonyl (C=O) groups is 1. The molecule has 0 bridgehead atoms. The number of rotatable bonds is 6. The van der Waals surface area contributed by atoms with E-state index in [1.54, 1.807) is 0 Å². The lowest BCUT2D eigenvalue weighted by Crippen LogP contribution is -2.44. The fourth-order valence-electron chi connectivity index (χ4n) is 2.01. The summed E-state index contributed by atoms with van der Waals surface area (Å²) in [5, 5.41) is 0. The Morgan fingerprint density at radius 1 is 1.53 bits per heavy atom. The third-order valence-corrected chi connectivity index (χ3v) is 4.07. The van der Waals surface area contributed by atoms with Crippen molar-refractivity contribution < 1.29 is 14.3 Å². The quantitative estimate of drug-likeness (QED) is 0.750. The van der Waals surface area contributed by atoms with Crippen LogP contribution in [0.3, 0.4) is 0 Å². The van der Waals surface area contributed by atoms with Gasteiger partial charge in [-0.1, -0.05) is 19.9 Å². The Kier molecular flexibility index (Phi) is 4.63. The molecule has 1 aromatic rings. The molecule has 1 atom stereocenters. The zero-order chi connectivity index (χ0) is 13.9. The van der Waals surface area contributed by atoms with E-state index in [1.165, 1.54) is 0 Å². The number of aldehydes is 1. The van der Waals surface area contributed by atoms with Crippen LogP contribution in [-0.2, 0) is 9.53 Å². The smallest absolute Gasteiger partial charge is 0.133 e. The minimum atomic E-state index is 0.142. The Balaban J connectivity index is 2.00. The highest BCUT2D eigenvalue weighted by Gasteiger charge is 2.34. The van der Waals surface area contributed by atoms with Crippen LogP contribution in [0, 0.1) is 5.41 Å². The molecule has 0 aromatic heterocycles. The fraction of sp³-hybridized carbons (Fsp3) is 0.533. The third kappa shape index (κ3) is 3.57. The minimum absolute atomic E-state index is 0.142. The third-order valence-electron chi connectivity index (χ3n) is 3.45. The summed E-state index contributed by atoms with van der Waals surface area (Å²) in [4.78, 5) is 10.5. The maximum atomic E-state index is 10.5. The predicted octanol–water partition coefficient (Wildman–Crippen LogP) is 3.56. The van der Waals surface area contributed by atoms with Crippen molar-refractivity contribution in [2.75, 3.05) is 19.8 Å². The zero-order valence-corrected chi connectivity index (χ0v) is 12.9. The zero-order valence-electron chi connectivity index (χ0n) is 11.3. The molecular weight excluding hydrogens is 308 g/mol. The van der Waals surface area contributed by atoms with Gasteiger partial charge >= 0.3 is 0 Å². The number of benzene rings is 1. The van der Waals surface area contributed by atoms with Gasteiger partial charge in [0.25, 0.3) is 0 Å². The number of halogens is 1. The van der Waals surface area contributed by atoms with Crippen molar-refractivity contribution in [3.8, 4) is 5.75 Å². The second kappa shape index (κ2) is 6.06. The number of ether oxygens (including phenoxy) is 2. The van der Waals surface area contributed by atoms with Gasteiger partial charge in [0.1, 0.15) is 12.0 Å². The molecule has 0 aliphatic carbocycles. The number of hydrogen-bond donors (Lipinski definition) is 0. The molecule has 0 amide bonds. The van der Waals surface area contributed by atoms with E-state index < -0.39 is 0 Å². The van der Waals surface area contributed by atoms with E-state index in [4.69, 9.17) is 9.47 Å². The molecule has 1 heterocycles. The molecule has 1 saturated heterocycles. The summed E-state index contributed by atoms with van der Waals surface area (Å²) >= 11 is 3.53. The van der Waals surface area contributed by atoms with Crippen molar-refractivity contribution in [3.05, 3.63) is 28.2 Å². The Morgan fingerprint density at radius 2 is 2.26 bits per heavy atom. The van der Waals surface area contributed by atoms with Crippen LogP contribution in [0.4, 0.5) is 0 Å². The summed E-state index contributed by atoms with van der Waals surface area (Å²) in [6.07, 6.45) is 1.50. The van der Waals surface area contributed by atoms with Crippen molar-refractivity contribution in [2.45, 2.75) is 26.2 Å². The Labute approximate surface area is 122 Å². The van der Waals surface area contributed by atoms with Crippen LogP contribution in [0.15, 0.2) is 22.7 Å². The maximum Gasteiger partial charge on any atom is 0.133 e. The van der Waals surface area contributed by atoms with Crippen LogP contribution in [0.25, 0.3) is 0 Å². The molecule has 1 aromatic carbocycles. The van der Waals surface area contributed by atoms with Crippen molar-refractivity contribution in [3.63, 3.8) is 0 Å². The van der Waals surface area contributed by atoms with Crippen molar-refractivity contribution >= 4 is 22.2 Å². The summed E-state index contributed by atoms with van der Waals surface area (Å²) in [6, 6.07) is 6.01. The second-order valence-corrected chi connectivity index (χ2v) is 6.44. The van der Waals surface area contributed by atoms with Crippen LogP contribution in [-0.4, -0.2) is 26.1 Å². The molecule has 2 rings (SSSR count). The molecular formula is C15H19BrO3. The molecule has 0 radical (unpaired) electrons. The molecule has 0 N–H and O–H groups in total. The van der Waals surface area contributed by atoms with Gasteiger partial charge in [0.2, 0.25) is 0 Å². The van der Waals surface area contributed by atoms with Crippen LogP contribution >= 0.6 is 15.9 Å². The first-order chi connectivity index (χ1) is 9.04. The number of carbonyl (C=O) groups excluding carboxylic acids is 1. The normalized spacial score (nSPS) is 18.5. The van der Waals surface area contributed by atoms with Gasteiger partial charge in [0.15, 0.2) is 0 Å². The SMILES string of the molecule is CC(CC=O)c1ccc(OCC2(C)COC2)c(Br)c1. The maximum absolute atomic E-state index is 10.5. The van der Waals surface area contributed by atoms with Gasteiger partial charge in [-0.05, 0) is 39.5 Å². The summed E-state index contributed by atoms with van der Waals surface area (Å²) in [6.45, 7) is 6.39. The summed E-state index contributed by atoms with van der Waals surface area (Å²) in [7, 11) is 0.